The number of unbranched alkanes of at least 4 members (excludes halogenated alkanes) is 1. The Kier molecular flexibility index (Phi) is 7.86. The van der Waals surface area contributed by atoms with Crippen molar-refractivity contribution < 1.29 is 13.9 Å². The average Bonchev–Trinajstić information content (AvgIpc) is 3.22. The minimum absolute atomic E-state index is 0.233. The standard InChI is InChI=1S/C24H29BrFN3O2S/c1-28(24-27-21-15-20(25)22(30-2)16-23(21)32-24)18-9-12-29(13-10-18)11-3-4-14-31-19-7-5-17(26)6-8-19/h5-8,15-16,18H,3-4,9-14H2,1-2H3. The molecule has 2 heterocycles. The molecule has 1 aliphatic rings. The van der Waals surface area contributed by atoms with Gasteiger partial charge in [-0.2, -0.15) is 0 Å². The van der Waals surface area contributed by atoms with Crippen LogP contribution in [0.3, 0.4) is 0 Å². The first kappa shape index (κ1) is 23.3. The highest BCUT2D eigenvalue weighted by Gasteiger charge is 2.24. The molecule has 1 aromatic heterocycles. The monoisotopic (exact) mass is 521 g/mol. The zero-order chi connectivity index (χ0) is 22.5. The first-order valence-corrected chi connectivity index (χ1v) is 12.6. The fourth-order valence-corrected chi connectivity index (χ4v) is 5.57. The predicted octanol–water partition coefficient (Wildman–Crippen LogP) is 5.97. The first-order valence-electron chi connectivity index (χ1n) is 11.0. The number of rotatable bonds is 9. The van der Waals surface area contributed by atoms with E-state index in [1.54, 1.807) is 30.6 Å². The third-order valence-corrected chi connectivity index (χ3v) is 7.74. The molecule has 32 heavy (non-hydrogen) atoms. The molecule has 0 amide bonds. The summed E-state index contributed by atoms with van der Waals surface area (Å²) in [5.74, 6) is 1.34. The molecule has 172 valence electrons. The van der Waals surface area contributed by atoms with Gasteiger partial charge in [0.25, 0.3) is 0 Å². The van der Waals surface area contributed by atoms with E-state index >= 15 is 0 Å². The van der Waals surface area contributed by atoms with Gasteiger partial charge in [-0.3, -0.25) is 0 Å². The van der Waals surface area contributed by atoms with Crippen molar-refractivity contribution in [3.63, 3.8) is 0 Å². The van der Waals surface area contributed by atoms with Crippen molar-refractivity contribution in [1.82, 2.24) is 9.88 Å². The van der Waals surface area contributed by atoms with Crippen LogP contribution in [0, 0.1) is 5.82 Å². The van der Waals surface area contributed by atoms with Crippen molar-refractivity contribution in [2.24, 2.45) is 0 Å². The van der Waals surface area contributed by atoms with Crippen LogP contribution in [0.25, 0.3) is 10.2 Å². The zero-order valence-electron chi connectivity index (χ0n) is 18.5. The van der Waals surface area contributed by atoms with Crippen molar-refractivity contribution in [3.8, 4) is 11.5 Å². The van der Waals surface area contributed by atoms with Crippen molar-refractivity contribution in [2.75, 3.05) is 45.3 Å². The maximum Gasteiger partial charge on any atom is 0.186 e. The summed E-state index contributed by atoms with van der Waals surface area (Å²) in [6, 6.07) is 10.8. The molecule has 5 nitrogen and oxygen atoms in total. The third-order valence-electron chi connectivity index (χ3n) is 6.01. The molecular formula is C24H29BrFN3O2S. The van der Waals surface area contributed by atoms with Gasteiger partial charge in [0, 0.05) is 32.2 Å². The topological polar surface area (TPSA) is 37.8 Å². The Hall–Kier alpha value is -1.90. The summed E-state index contributed by atoms with van der Waals surface area (Å²) >= 11 is 5.27. The number of ether oxygens (including phenoxy) is 2. The maximum atomic E-state index is 12.9. The number of aromatic nitrogens is 1. The van der Waals surface area contributed by atoms with Crippen molar-refractivity contribution >= 4 is 42.6 Å². The number of nitrogens with zero attached hydrogens (tertiary/aromatic N) is 3. The van der Waals surface area contributed by atoms with Gasteiger partial charge in [-0.15, -0.1) is 0 Å². The van der Waals surface area contributed by atoms with Crippen molar-refractivity contribution in [3.05, 3.63) is 46.7 Å². The lowest BCUT2D eigenvalue weighted by atomic mass is 10.0. The third kappa shape index (κ3) is 5.71. The second-order valence-electron chi connectivity index (χ2n) is 8.14. The van der Waals surface area contributed by atoms with Crippen LogP contribution >= 0.6 is 27.3 Å². The summed E-state index contributed by atoms with van der Waals surface area (Å²) in [5, 5.41) is 1.07. The zero-order valence-corrected chi connectivity index (χ0v) is 20.9. The van der Waals surface area contributed by atoms with Gasteiger partial charge in [-0.1, -0.05) is 11.3 Å². The van der Waals surface area contributed by atoms with Crippen molar-refractivity contribution in [1.29, 1.82) is 0 Å². The quantitative estimate of drug-likeness (QED) is 0.324. The molecule has 0 bridgehead atoms. The lowest BCUT2D eigenvalue weighted by molar-refractivity contribution is 0.201. The van der Waals surface area contributed by atoms with Gasteiger partial charge in [0.15, 0.2) is 5.13 Å². The van der Waals surface area contributed by atoms with Gasteiger partial charge in [-0.25, -0.2) is 9.37 Å². The van der Waals surface area contributed by atoms with E-state index in [1.165, 1.54) is 12.1 Å². The minimum Gasteiger partial charge on any atom is -0.496 e. The summed E-state index contributed by atoms with van der Waals surface area (Å²) in [6.07, 6.45) is 4.40. The van der Waals surface area contributed by atoms with Gasteiger partial charge in [0.1, 0.15) is 17.3 Å². The van der Waals surface area contributed by atoms with E-state index in [-0.39, 0.29) is 5.82 Å². The number of likely N-dealkylation sites (tertiary alicyclic amines) is 1. The Labute approximate surface area is 201 Å². The van der Waals surface area contributed by atoms with E-state index in [0.717, 1.165) is 76.6 Å². The van der Waals surface area contributed by atoms with E-state index in [9.17, 15) is 4.39 Å². The highest BCUT2D eigenvalue weighted by atomic mass is 79.9. The Bertz CT molecular complexity index is 1020. The van der Waals surface area contributed by atoms with Gasteiger partial charge in [0.05, 0.1) is 28.4 Å². The molecule has 2 aromatic carbocycles. The Morgan fingerprint density at radius 2 is 1.94 bits per heavy atom. The number of thiazole rings is 1. The molecule has 0 radical (unpaired) electrons. The van der Waals surface area contributed by atoms with E-state index in [2.05, 4.69) is 38.8 Å². The highest BCUT2D eigenvalue weighted by molar-refractivity contribution is 9.10. The molecule has 3 aromatic rings. The van der Waals surface area contributed by atoms with E-state index in [0.29, 0.717) is 12.6 Å². The molecule has 4 rings (SSSR count). The molecule has 1 fully saturated rings. The number of hydrogen-bond donors (Lipinski definition) is 0. The normalized spacial score (nSPS) is 15.2. The summed E-state index contributed by atoms with van der Waals surface area (Å²) in [4.78, 5) is 9.74. The van der Waals surface area contributed by atoms with Gasteiger partial charge in [-0.05, 0) is 78.5 Å². The number of methoxy groups -OCH3 is 1. The lowest BCUT2D eigenvalue weighted by Gasteiger charge is -2.36. The molecule has 0 N–H and O–H groups in total. The average molecular weight is 522 g/mol. The molecule has 0 unspecified atom stereocenters. The van der Waals surface area contributed by atoms with Crippen LogP contribution in [0.2, 0.25) is 0 Å². The number of halogens is 2. The van der Waals surface area contributed by atoms with Crippen LogP contribution in [0.15, 0.2) is 40.9 Å². The highest BCUT2D eigenvalue weighted by Crippen LogP contribution is 2.36. The maximum absolute atomic E-state index is 12.9. The summed E-state index contributed by atoms with van der Waals surface area (Å²) in [6.45, 7) is 3.98. The minimum atomic E-state index is -0.233. The largest absolute Gasteiger partial charge is 0.496 e. The second-order valence-corrected chi connectivity index (χ2v) is 10.0. The number of fused-ring (bicyclic) bond motifs is 1. The van der Waals surface area contributed by atoms with Crippen LogP contribution < -0.4 is 14.4 Å². The van der Waals surface area contributed by atoms with Crippen LogP contribution in [0.5, 0.6) is 11.5 Å². The summed E-state index contributed by atoms with van der Waals surface area (Å²) in [5.41, 5.74) is 1.00. The molecule has 1 aliphatic heterocycles. The molecule has 8 heteroatoms. The fourth-order valence-electron chi connectivity index (χ4n) is 4.07. The summed E-state index contributed by atoms with van der Waals surface area (Å²) < 4.78 is 26.1. The molecule has 0 saturated carbocycles. The molecule has 0 atom stereocenters. The smallest absolute Gasteiger partial charge is 0.186 e. The number of benzene rings is 2. The van der Waals surface area contributed by atoms with Gasteiger partial charge < -0.3 is 19.3 Å². The summed E-state index contributed by atoms with van der Waals surface area (Å²) in [7, 11) is 3.85. The molecular weight excluding hydrogens is 493 g/mol. The Morgan fingerprint density at radius 1 is 1.19 bits per heavy atom. The van der Waals surface area contributed by atoms with Gasteiger partial charge in [0.2, 0.25) is 0 Å². The van der Waals surface area contributed by atoms with Gasteiger partial charge >= 0.3 is 0 Å². The van der Waals surface area contributed by atoms with Crippen LogP contribution in [-0.4, -0.2) is 56.3 Å². The van der Waals surface area contributed by atoms with E-state index in [4.69, 9.17) is 14.5 Å². The Morgan fingerprint density at radius 3 is 2.66 bits per heavy atom. The Balaban J connectivity index is 1.20. The predicted molar refractivity (Wildman–Crippen MR) is 133 cm³/mol. The SMILES string of the molecule is COc1cc2sc(N(C)C3CCN(CCCCOc4ccc(F)cc4)CC3)nc2cc1Br. The first-order chi connectivity index (χ1) is 15.5. The molecule has 0 aliphatic carbocycles. The molecule has 0 spiro atoms. The van der Waals surface area contributed by atoms with E-state index in [1.807, 2.05) is 6.07 Å². The van der Waals surface area contributed by atoms with E-state index < -0.39 is 0 Å². The fraction of sp³-hybridized carbons (Fsp3) is 0.458. The number of hydrogen-bond acceptors (Lipinski definition) is 6. The van der Waals surface area contributed by atoms with Crippen LogP contribution in [-0.2, 0) is 0 Å². The lowest BCUT2D eigenvalue weighted by Crippen LogP contribution is -2.43. The van der Waals surface area contributed by atoms with Crippen LogP contribution in [0.1, 0.15) is 25.7 Å². The number of piperidine rings is 1. The second kappa shape index (κ2) is 10.8. The van der Waals surface area contributed by atoms with Crippen LogP contribution in [0.4, 0.5) is 9.52 Å². The molecule has 1 saturated heterocycles. The number of anilines is 1. The van der Waals surface area contributed by atoms with Crippen molar-refractivity contribution in [2.45, 2.75) is 31.7 Å².